The summed E-state index contributed by atoms with van der Waals surface area (Å²) in [5.74, 6) is 0. The molecule has 0 aromatic rings. The molecule has 0 rings (SSSR count). The van der Waals surface area contributed by atoms with Gasteiger partial charge in [-0.2, -0.15) is 0 Å². The molecule has 0 aliphatic heterocycles. The van der Waals surface area contributed by atoms with Crippen molar-refractivity contribution in [1.29, 1.82) is 0 Å². The summed E-state index contributed by atoms with van der Waals surface area (Å²) in [5.41, 5.74) is 0. The van der Waals surface area contributed by atoms with Gasteiger partial charge < -0.3 is 9.79 Å². The first-order chi connectivity index (χ1) is 3.46. The van der Waals surface area contributed by atoms with Gasteiger partial charge in [0.1, 0.15) is 0 Å². The summed E-state index contributed by atoms with van der Waals surface area (Å²) < 4.78 is 33.9. The quantitative estimate of drug-likeness (QED) is 0.296. The first-order valence-electron chi connectivity index (χ1n) is 1.10. The van der Waals surface area contributed by atoms with Crippen LogP contribution in [0.4, 0.5) is 0 Å². The van der Waals surface area contributed by atoms with E-state index in [4.69, 9.17) is 28.0 Å². The van der Waals surface area contributed by atoms with Crippen molar-refractivity contribution < 1.29 is 109 Å². The van der Waals surface area contributed by atoms with Crippen LogP contribution in [0.1, 0.15) is 0 Å². The molecule has 0 fully saturated rings. The fourth-order valence-electron chi connectivity index (χ4n) is 0. The first kappa shape index (κ1) is 22.8. The van der Waals surface area contributed by atoms with Crippen molar-refractivity contribution >= 4 is 15.8 Å². The van der Waals surface area contributed by atoms with Crippen molar-refractivity contribution in [2.24, 2.45) is 0 Å². The van der Waals surface area contributed by atoms with Crippen LogP contribution in [0.25, 0.3) is 0 Å². The molecule has 0 bridgehead atoms. The van der Waals surface area contributed by atoms with Crippen molar-refractivity contribution in [2.45, 2.75) is 0 Å². The van der Waals surface area contributed by atoms with Crippen LogP contribution in [-0.2, 0) is 18.3 Å². The zero-order valence-corrected chi connectivity index (χ0v) is 12.3. The Hall–Kier alpha value is 2.36. The third kappa shape index (κ3) is 163. The topological polar surface area (TPSA) is 114 Å². The van der Waals surface area contributed by atoms with Crippen LogP contribution < -0.4 is 90.7 Å². The van der Waals surface area contributed by atoms with E-state index in [0.29, 0.717) is 0 Å². The summed E-state index contributed by atoms with van der Waals surface area (Å²) in [6.07, 6.45) is 0. The summed E-state index contributed by atoms with van der Waals surface area (Å²) in [4.78, 5) is 17.0. The fraction of sp³-hybridized carbons (Fsp3) is 0. The monoisotopic (exact) mass is 220 g/mol. The molecular weight excluding hydrogens is 220 g/mol. The predicted molar refractivity (Wildman–Crippen MR) is 16.6 cm³/mol. The van der Waals surface area contributed by atoms with Gasteiger partial charge in [-0.1, -0.05) is 0 Å². The second kappa shape index (κ2) is 17.4. The molecule has 0 amide bonds. The molecule has 0 saturated carbocycles. The van der Waals surface area contributed by atoms with E-state index in [2.05, 4.69) is 0 Å². The summed E-state index contributed by atoms with van der Waals surface area (Å²) in [6, 6.07) is 0. The van der Waals surface area contributed by atoms with Crippen LogP contribution in [0.5, 0.6) is 0 Å². The summed E-state index contributed by atoms with van der Waals surface area (Å²) >= 11 is 0. The van der Waals surface area contributed by atoms with Gasteiger partial charge >= 0.3 is 80.9 Å². The Kier molecular flexibility index (Phi) is 39.8. The molecule has 0 unspecified atom stereocenters. The van der Waals surface area contributed by atoms with Crippen molar-refractivity contribution in [3.63, 3.8) is 0 Å². The van der Waals surface area contributed by atoms with E-state index >= 15 is 0 Å². The van der Waals surface area contributed by atoms with Crippen LogP contribution in [0.3, 0.4) is 0 Å². The zero-order valence-electron chi connectivity index (χ0n) is 5.34. The van der Waals surface area contributed by atoms with E-state index in [-0.39, 0.29) is 80.9 Å². The maximum absolute atomic E-state index is 8.48. The Morgan fingerprint density at radius 1 is 0.800 bits per heavy atom. The molecule has 0 heterocycles. The molecule has 0 N–H and O–H groups in total. The molecule has 48 valence electrons. The fourth-order valence-corrected chi connectivity index (χ4v) is 0. The Bertz CT molecular complexity index is 133. The number of hydrogen-bond donors (Lipinski definition) is 0. The van der Waals surface area contributed by atoms with E-state index in [1.165, 1.54) is 0 Å². The van der Waals surface area contributed by atoms with E-state index < -0.39 is 15.8 Å². The zero-order chi connectivity index (χ0) is 7.15. The molecule has 0 aliphatic rings. The third-order valence-electron chi connectivity index (χ3n) is 0. The van der Waals surface area contributed by atoms with Crippen molar-refractivity contribution in [3.05, 3.63) is 0 Å². The van der Waals surface area contributed by atoms with Crippen LogP contribution in [0.15, 0.2) is 0 Å². The average Bonchev–Trinajstić information content (AvgIpc) is 1.25. The third-order valence-corrected chi connectivity index (χ3v) is 0. The second-order valence-electron chi connectivity index (χ2n) is 0.447. The van der Waals surface area contributed by atoms with Gasteiger partial charge in [0.15, 0.2) is 0 Å². The van der Waals surface area contributed by atoms with Crippen LogP contribution in [-0.4, -0.2) is 0 Å². The normalized spacial score (nSPS) is 5.00. The van der Waals surface area contributed by atoms with E-state index in [0.717, 1.165) is 0 Å². The minimum atomic E-state index is -3.37. The molecule has 6 nitrogen and oxygen atoms in total. The Balaban J connectivity index is -0.0000000300. The molecule has 0 spiro atoms. The number of rotatable bonds is 0. The molecule has 0 aromatic heterocycles. The van der Waals surface area contributed by atoms with Crippen LogP contribution in [0.2, 0.25) is 0 Å². The molecule has 0 atom stereocenters. The maximum atomic E-state index is 8.48. The van der Waals surface area contributed by atoms with Gasteiger partial charge in [0, 0.05) is 0 Å². The molecule has 0 saturated heterocycles. The second-order valence-corrected chi connectivity index (χ2v) is 1.34. The van der Waals surface area contributed by atoms with Crippen molar-refractivity contribution in [2.75, 3.05) is 0 Å². The summed E-state index contributed by atoms with van der Waals surface area (Å²) in [7, 11) is -6.74. The molecule has 0 radical (unpaired) electrons. The summed E-state index contributed by atoms with van der Waals surface area (Å²) in [6.45, 7) is 0. The molecule has 10 heteroatoms. The first-order valence-corrected chi connectivity index (χ1v) is 3.29. The van der Waals surface area contributed by atoms with Gasteiger partial charge in [-0.3, -0.25) is 18.3 Å². The van der Waals surface area contributed by atoms with Gasteiger partial charge in [0.25, 0.3) is 0 Å². The molecule has 10 heavy (non-hydrogen) atoms. The van der Waals surface area contributed by atoms with Crippen molar-refractivity contribution in [1.82, 2.24) is 0 Å². The predicted octanol–water partition coefficient (Wildman–Crippen LogP) is -7.12. The van der Waals surface area contributed by atoms with Gasteiger partial charge in [0.05, 0.1) is 0 Å². The van der Waals surface area contributed by atoms with Gasteiger partial charge in [0.2, 0.25) is 15.8 Å². The summed E-state index contributed by atoms with van der Waals surface area (Å²) in [5, 5.41) is 0. The van der Waals surface area contributed by atoms with Crippen LogP contribution >= 0.6 is 15.8 Å². The van der Waals surface area contributed by atoms with Gasteiger partial charge in [-0.05, 0) is 0 Å². The maximum Gasteiger partial charge on any atom is 1.00 e. The standard InChI is InChI=1S/K.Na.2HO3P/c;;2*1-4(2)3/h;;2*(H,1,2,3)/q2*+1;;/p-2. The molecular formula is KNaO6P2. The molecule has 0 aliphatic carbocycles. The minimum absolute atomic E-state index is 0. The minimum Gasteiger partial charge on any atom is -0.744 e. The van der Waals surface area contributed by atoms with Crippen molar-refractivity contribution in [3.8, 4) is 0 Å². The smallest absolute Gasteiger partial charge is 0.744 e. The molecule has 0 aromatic carbocycles. The van der Waals surface area contributed by atoms with E-state index in [9.17, 15) is 0 Å². The Morgan fingerprint density at radius 3 is 0.800 bits per heavy atom. The van der Waals surface area contributed by atoms with Gasteiger partial charge in [-0.25, -0.2) is 0 Å². The Labute approximate surface area is 122 Å². The average molecular weight is 220 g/mol. The Morgan fingerprint density at radius 2 is 0.800 bits per heavy atom. The largest absolute Gasteiger partial charge is 1.00 e. The SMILES string of the molecule is O=P(=O)[O-].O=P(=O)[O-].[K+].[Na+]. The van der Waals surface area contributed by atoms with E-state index in [1.807, 2.05) is 0 Å². The van der Waals surface area contributed by atoms with E-state index in [1.54, 1.807) is 0 Å². The van der Waals surface area contributed by atoms with Crippen LogP contribution in [0, 0.1) is 0 Å². The number of hydrogen-bond acceptors (Lipinski definition) is 6. The van der Waals surface area contributed by atoms with Gasteiger partial charge in [-0.15, -0.1) is 0 Å².